The van der Waals surface area contributed by atoms with Crippen molar-refractivity contribution in [3.05, 3.63) is 28.8 Å². The molecule has 0 aliphatic carbocycles. The van der Waals surface area contributed by atoms with E-state index in [0.717, 1.165) is 38.5 Å². The summed E-state index contributed by atoms with van der Waals surface area (Å²) in [6.45, 7) is 1.80. The molecule has 0 aromatic heterocycles. The van der Waals surface area contributed by atoms with Crippen molar-refractivity contribution >= 4 is 39.3 Å². The molecule has 2 aliphatic rings. The van der Waals surface area contributed by atoms with Crippen molar-refractivity contribution in [3.8, 4) is 5.75 Å². The minimum atomic E-state index is -3.48. The van der Waals surface area contributed by atoms with Crippen molar-refractivity contribution in [3.63, 3.8) is 0 Å². The summed E-state index contributed by atoms with van der Waals surface area (Å²) in [4.78, 5) is 38.3. The highest BCUT2D eigenvalue weighted by molar-refractivity contribution is 7.89. The molecule has 1 saturated heterocycles. The van der Waals surface area contributed by atoms with Gasteiger partial charge in [-0.15, -0.1) is 0 Å². The molecule has 10 nitrogen and oxygen atoms in total. The molecule has 0 bridgehead atoms. The zero-order chi connectivity index (χ0) is 26.0. The van der Waals surface area contributed by atoms with Gasteiger partial charge >= 0.3 is 0 Å². The molecule has 2 heterocycles. The number of ether oxygens (including phenoxy) is 1. The molecule has 1 aromatic carbocycles. The lowest BCUT2D eigenvalue weighted by molar-refractivity contribution is -0.124. The van der Waals surface area contributed by atoms with E-state index in [2.05, 4.69) is 16.0 Å². The van der Waals surface area contributed by atoms with E-state index in [0.29, 0.717) is 37.0 Å². The average Bonchev–Trinajstić information content (AvgIpc) is 2.86. The Morgan fingerprint density at radius 3 is 2.64 bits per heavy atom. The Kier molecular flexibility index (Phi) is 10.8. The SMILES string of the molecule is O=C1CC[C@@H](C(=O)NCCS(=O)(=O)N2CCCCC2)NC(=O)c2cc(Cl)ccc2OCCCCCN1. The van der Waals surface area contributed by atoms with Crippen molar-refractivity contribution in [2.24, 2.45) is 0 Å². The van der Waals surface area contributed by atoms with E-state index < -0.39 is 27.9 Å². The Bertz CT molecular complexity index is 1030. The van der Waals surface area contributed by atoms with Crippen molar-refractivity contribution in [1.82, 2.24) is 20.3 Å². The van der Waals surface area contributed by atoms with Crippen LogP contribution in [0.3, 0.4) is 0 Å². The monoisotopic (exact) mass is 542 g/mol. The van der Waals surface area contributed by atoms with Gasteiger partial charge in [-0.05, 0) is 56.7 Å². The predicted octanol–water partition coefficient (Wildman–Crippen LogP) is 1.83. The molecule has 0 unspecified atom stereocenters. The summed E-state index contributed by atoms with van der Waals surface area (Å²) < 4.78 is 32.4. The van der Waals surface area contributed by atoms with Gasteiger partial charge in [0.1, 0.15) is 11.8 Å². The lowest BCUT2D eigenvalue weighted by Crippen LogP contribution is -2.49. The molecule has 3 amide bonds. The zero-order valence-corrected chi connectivity index (χ0v) is 22.0. The topological polar surface area (TPSA) is 134 Å². The number of nitrogens with one attached hydrogen (secondary N) is 3. The van der Waals surface area contributed by atoms with E-state index in [9.17, 15) is 22.8 Å². The maximum absolute atomic E-state index is 13.1. The fourth-order valence-corrected chi connectivity index (χ4v) is 5.79. The number of benzene rings is 1. The van der Waals surface area contributed by atoms with Crippen molar-refractivity contribution in [1.29, 1.82) is 0 Å². The van der Waals surface area contributed by atoms with Crippen LogP contribution in [0.15, 0.2) is 18.2 Å². The number of rotatable bonds is 5. The van der Waals surface area contributed by atoms with E-state index in [1.54, 1.807) is 12.1 Å². The highest BCUT2D eigenvalue weighted by Crippen LogP contribution is 2.24. The maximum Gasteiger partial charge on any atom is 0.255 e. The van der Waals surface area contributed by atoms with Crippen LogP contribution in [0, 0.1) is 0 Å². The van der Waals surface area contributed by atoms with Crippen LogP contribution < -0.4 is 20.7 Å². The van der Waals surface area contributed by atoms with Crippen LogP contribution in [-0.4, -0.2) is 75.0 Å². The molecule has 36 heavy (non-hydrogen) atoms. The van der Waals surface area contributed by atoms with Gasteiger partial charge in [0, 0.05) is 37.6 Å². The molecule has 1 aromatic rings. The number of nitrogens with zero attached hydrogens (tertiary/aromatic N) is 1. The molecular formula is C24H35ClN4O6S. The molecule has 3 N–H and O–H groups in total. The van der Waals surface area contributed by atoms with Gasteiger partial charge in [-0.2, -0.15) is 0 Å². The number of amides is 3. The second-order valence-corrected chi connectivity index (χ2v) is 11.6. The quantitative estimate of drug-likeness (QED) is 0.520. The van der Waals surface area contributed by atoms with Gasteiger partial charge in [0.05, 0.1) is 17.9 Å². The van der Waals surface area contributed by atoms with Gasteiger partial charge < -0.3 is 20.7 Å². The summed E-state index contributed by atoms with van der Waals surface area (Å²) in [6, 6.07) is 3.66. The van der Waals surface area contributed by atoms with Gasteiger partial charge in [-0.1, -0.05) is 18.0 Å². The smallest absolute Gasteiger partial charge is 0.255 e. The van der Waals surface area contributed by atoms with Gasteiger partial charge in [0.25, 0.3) is 5.91 Å². The number of carbonyl (C=O) groups excluding carboxylic acids is 3. The lowest BCUT2D eigenvalue weighted by Gasteiger charge is -2.26. The standard InChI is InChI=1S/C24H35ClN4O6S/c25-18-7-9-21-19(17-18)23(31)28-20(8-10-22(30)26-11-3-1-6-15-35-21)24(32)27-12-16-36(33,34)29-13-4-2-5-14-29/h7,9,17,20H,1-6,8,10-16H2,(H,26,30)(H,27,32)(H,28,31)/t20-/m0/s1. The highest BCUT2D eigenvalue weighted by atomic mass is 35.5. The Hall–Kier alpha value is -2.37. The fraction of sp³-hybridized carbons (Fsp3) is 0.625. The molecule has 2 aliphatic heterocycles. The first-order chi connectivity index (χ1) is 17.3. The largest absolute Gasteiger partial charge is 0.493 e. The Labute approximate surface area is 217 Å². The Morgan fingerprint density at radius 1 is 1.11 bits per heavy atom. The minimum absolute atomic E-state index is 0.0311. The van der Waals surface area contributed by atoms with Crippen LogP contribution in [0.1, 0.15) is 61.7 Å². The summed E-state index contributed by atoms with van der Waals surface area (Å²) in [7, 11) is -3.48. The normalized spacial score (nSPS) is 21.1. The molecule has 200 valence electrons. The van der Waals surface area contributed by atoms with Crippen LogP contribution in [0.4, 0.5) is 0 Å². The molecule has 3 rings (SSSR count). The van der Waals surface area contributed by atoms with E-state index in [-0.39, 0.29) is 36.6 Å². The number of hydrogen-bond acceptors (Lipinski definition) is 6. The van der Waals surface area contributed by atoms with E-state index in [1.807, 2.05) is 0 Å². The molecule has 12 heteroatoms. The van der Waals surface area contributed by atoms with Crippen LogP contribution >= 0.6 is 11.6 Å². The summed E-state index contributed by atoms with van der Waals surface area (Å²) in [6.07, 6.45) is 5.15. The Balaban J connectivity index is 1.69. The van der Waals surface area contributed by atoms with Gasteiger partial charge in [0.15, 0.2) is 0 Å². The molecule has 0 saturated carbocycles. The predicted molar refractivity (Wildman–Crippen MR) is 137 cm³/mol. The van der Waals surface area contributed by atoms with Gasteiger partial charge in [-0.3, -0.25) is 14.4 Å². The third kappa shape index (κ3) is 8.63. The van der Waals surface area contributed by atoms with Crippen LogP contribution in [0.25, 0.3) is 0 Å². The van der Waals surface area contributed by atoms with Gasteiger partial charge in [0.2, 0.25) is 21.8 Å². The minimum Gasteiger partial charge on any atom is -0.493 e. The number of piperidine rings is 1. The van der Waals surface area contributed by atoms with E-state index in [4.69, 9.17) is 16.3 Å². The van der Waals surface area contributed by atoms with Crippen molar-refractivity contribution in [2.75, 3.05) is 38.5 Å². The molecule has 0 radical (unpaired) electrons. The van der Waals surface area contributed by atoms with E-state index in [1.165, 1.54) is 10.4 Å². The van der Waals surface area contributed by atoms with Crippen LogP contribution in [-0.2, 0) is 19.6 Å². The second-order valence-electron chi connectivity index (χ2n) is 9.03. The number of carbonyl (C=O) groups is 3. The summed E-state index contributed by atoms with van der Waals surface area (Å²) >= 11 is 6.10. The van der Waals surface area contributed by atoms with Gasteiger partial charge in [-0.25, -0.2) is 12.7 Å². The third-order valence-corrected chi connectivity index (χ3v) is 8.34. The first kappa shape index (κ1) is 28.2. The number of sulfonamides is 1. The molecule has 0 spiro atoms. The molecule has 1 atom stereocenters. The number of fused-ring (bicyclic) bond motifs is 1. The van der Waals surface area contributed by atoms with E-state index >= 15 is 0 Å². The first-order valence-electron chi connectivity index (χ1n) is 12.5. The fourth-order valence-electron chi connectivity index (χ4n) is 4.19. The summed E-state index contributed by atoms with van der Waals surface area (Å²) in [5.41, 5.74) is 0.187. The van der Waals surface area contributed by atoms with Crippen molar-refractivity contribution in [2.45, 2.75) is 57.4 Å². The summed E-state index contributed by atoms with van der Waals surface area (Å²) in [5, 5.41) is 8.45. The number of hydrogen-bond donors (Lipinski definition) is 3. The second kappa shape index (κ2) is 13.8. The average molecular weight is 543 g/mol. The Morgan fingerprint density at radius 2 is 1.86 bits per heavy atom. The summed E-state index contributed by atoms with van der Waals surface area (Å²) in [5.74, 6) is -1.22. The lowest BCUT2D eigenvalue weighted by atomic mass is 10.1. The highest BCUT2D eigenvalue weighted by Gasteiger charge is 2.27. The molecule has 1 fully saturated rings. The number of halogens is 1. The van der Waals surface area contributed by atoms with Crippen molar-refractivity contribution < 1.29 is 27.5 Å². The molecular weight excluding hydrogens is 508 g/mol. The third-order valence-electron chi connectivity index (χ3n) is 6.24. The first-order valence-corrected chi connectivity index (χ1v) is 14.5. The van der Waals surface area contributed by atoms with Crippen LogP contribution in [0.2, 0.25) is 5.02 Å². The maximum atomic E-state index is 13.1. The van der Waals surface area contributed by atoms with Crippen LogP contribution in [0.5, 0.6) is 5.75 Å². The zero-order valence-electron chi connectivity index (χ0n) is 20.4.